The summed E-state index contributed by atoms with van der Waals surface area (Å²) in [7, 11) is 0. The second-order valence-corrected chi connectivity index (χ2v) is 7.19. The van der Waals surface area contributed by atoms with Gasteiger partial charge in [-0.05, 0) is 45.4 Å². The van der Waals surface area contributed by atoms with Gasteiger partial charge in [0.1, 0.15) is 17.1 Å². The zero-order chi connectivity index (χ0) is 22.7. The summed E-state index contributed by atoms with van der Waals surface area (Å²) in [6.45, 7) is 11.8. The zero-order valence-corrected chi connectivity index (χ0v) is 18.6. The Morgan fingerprint density at radius 2 is 1.80 bits per heavy atom. The van der Waals surface area contributed by atoms with E-state index in [1.165, 1.54) is 16.8 Å². The third-order valence-corrected chi connectivity index (χ3v) is 3.68. The molecule has 0 aliphatic heterocycles. The van der Waals surface area contributed by atoms with Crippen LogP contribution in [0.1, 0.15) is 63.2 Å². The molecule has 0 radical (unpaired) electrons. The average Bonchev–Trinajstić information content (AvgIpc) is 3.06. The Bertz CT molecular complexity index is 811. The number of hydrogen-bond acceptors (Lipinski definition) is 5. The third-order valence-electron chi connectivity index (χ3n) is 3.68. The van der Waals surface area contributed by atoms with Crippen molar-refractivity contribution in [3.63, 3.8) is 0 Å². The summed E-state index contributed by atoms with van der Waals surface area (Å²) < 4.78 is 24.9. The van der Waals surface area contributed by atoms with E-state index in [1.54, 1.807) is 46.0 Å². The second-order valence-electron chi connectivity index (χ2n) is 7.19. The molecule has 7 nitrogen and oxygen atoms in total. The molecule has 2 rings (SSSR count). The van der Waals surface area contributed by atoms with Gasteiger partial charge in [0.15, 0.2) is 0 Å². The largest absolute Gasteiger partial charge is 0.461 e. The maximum atomic E-state index is 13.1. The minimum atomic E-state index is -0.589. The van der Waals surface area contributed by atoms with Gasteiger partial charge < -0.3 is 14.8 Å². The van der Waals surface area contributed by atoms with Crippen molar-refractivity contribution in [1.82, 2.24) is 15.1 Å². The van der Waals surface area contributed by atoms with Crippen molar-refractivity contribution < 1.29 is 23.5 Å². The van der Waals surface area contributed by atoms with Gasteiger partial charge in [0.25, 0.3) is 0 Å². The lowest BCUT2D eigenvalue weighted by Gasteiger charge is -2.19. The number of ether oxygens (including phenoxy) is 2. The van der Waals surface area contributed by atoms with E-state index < -0.39 is 17.7 Å². The van der Waals surface area contributed by atoms with Gasteiger partial charge in [-0.1, -0.05) is 26.0 Å². The summed E-state index contributed by atoms with van der Waals surface area (Å²) in [5.74, 6) is -0.812. The van der Waals surface area contributed by atoms with Crippen LogP contribution in [-0.2, 0) is 22.4 Å². The number of esters is 1. The number of nitrogens with zero attached hydrogens (tertiary/aromatic N) is 2. The molecule has 0 atom stereocenters. The molecule has 0 bridgehead atoms. The predicted octanol–water partition coefficient (Wildman–Crippen LogP) is 4.34. The van der Waals surface area contributed by atoms with E-state index in [2.05, 4.69) is 10.4 Å². The van der Waals surface area contributed by atoms with Crippen molar-refractivity contribution in [1.29, 1.82) is 0 Å². The van der Waals surface area contributed by atoms with Crippen molar-refractivity contribution in [2.75, 3.05) is 13.2 Å². The number of halogens is 1. The van der Waals surface area contributed by atoms with E-state index in [-0.39, 0.29) is 25.5 Å². The van der Waals surface area contributed by atoms with Crippen LogP contribution in [0.2, 0.25) is 0 Å². The summed E-state index contributed by atoms with van der Waals surface area (Å²) in [4.78, 5) is 24.2. The van der Waals surface area contributed by atoms with Crippen LogP contribution in [0.5, 0.6) is 0 Å². The molecule has 1 N–H and O–H groups in total. The molecule has 0 fully saturated rings. The van der Waals surface area contributed by atoms with Gasteiger partial charge in [0.05, 0.1) is 19.3 Å². The maximum Gasteiger partial charge on any atom is 0.407 e. The molecule has 0 spiro atoms. The fourth-order valence-electron chi connectivity index (χ4n) is 2.56. The van der Waals surface area contributed by atoms with Gasteiger partial charge in [-0.25, -0.2) is 14.0 Å². The van der Waals surface area contributed by atoms with Crippen LogP contribution >= 0.6 is 0 Å². The Labute approximate surface area is 177 Å². The van der Waals surface area contributed by atoms with Crippen LogP contribution in [0.3, 0.4) is 0 Å². The van der Waals surface area contributed by atoms with Crippen LogP contribution in [0, 0.1) is 5.82 Å². The Morgan fingerprint density at radius 3 is 2.37 bits per heavy atom. The monoisotopic (exact) mass is 421 g/mol. The molecule has 0 saturated carbocycles. The lowest BCUT2D eigenvalue weighted by molar-refractivity contribution is 0.0510. The summed E-state index contributed by atoms with van der Waals surface area (Å²) >= 11 is 0. The van der Waals surface area contributed by atoms with Crippen molar-refractivity contribution in [3.05, 3.63) is 53.1 Å². The van der Waals surface area contributed by atoms with Crippen molar-refractivity contribution in [3.8, 4) is 0 Å². The fraction of sp³-hybridized carbons (Fsp3) is 0.500. The number of rotatable bonds is 7. The minimum absolute atomic E-state index is 0.232. The maximum absolute atomic E-state index is 13.1. The van der Waals surface area contributed by atoms with Crippen LogP contribution in [-0.4, -0.2) is 40.6 Å². The highest BCUT2D eigenvalue weighted by molar-refractivity contribution is 5.89. The molecular weight excluding hydrogens is 389 g/mol. The number of aromatic nitrogens is 2. The predicted molar refractivity (Wildman–Crippen MR) is 113 cm³/mol. The van der Waals surface area contributed by atoms with Crippen molar-refractivity contribution in [2.45, 2.75) is 60.1 Å². The van der Waals surface area contributed by atoms with Gasteiger partial charge >= 0.3 is 12.1 Å². The van der Waals surface area contributed by atoms with Crippen molar-refractivity contribution in [2.24, 2.45) is 0 Å². The molecule has 0 unspecified atom stereocenters. The number of amides is 1. The molecular formula is C22H32FN3O4. The number of carbonyl (C=O) groups is 2. The summed E-state index contributed by atoms with van der Waals surface area (Å²) in [5, 5.41) is 6.89. The summed E-state index contributed by atoms with van der Waals surface area (Å²) in [6.07, 6.45) is 1.46. The highest BCUT2D eigenvalue weighted by Gasteiger charge is 2.21. The third kappa shape index (κ3) is 8.23. The summed E-state index contributed by atoms with van der Waals surface area (Å²) in [6, 6.07) is 6.06. The highest BCUT2D eigenvalue weighted by Crippen LogP contribution is 2.16. The molecule has 0 aliphatic rings. The van der Waals surface area contributed by atoms with E-state index in [0.29, 0.717) is 17.7 Å². The molecule has 2 aromatic rings. The van der Waals surface area contributed by atoms with Gasteiger partial charge in [-0.15, -0.1) is 0 Å². The van der Waals surface area contributed by atoms with E-state index in [0.717, 1.165) is 5.56 Å². The molecule has 166 valence electrons. The molecule has 0 saturated heterocycles. The Balaban J connectivity index is 0.00000218. The number of carbonyl (C=O) groups excluding carboxylic acids is 2. The van der Waals surface area contributed by atoms with Gasteiger partial charge in [-0.3, -0.25) is 4.68 Å². The first kappa shape index (κ1) is 25.1. The van der Waals surface area contributed by atoms with E-state index in [4.69, 9.17) is 9.47 Å². The van der Waals surface area contributed by atoms with Crippen molar-refractivity contribution >= 4 is 12.1 Å². The first-order chi connectivity index (χ1) is 14.2. The van der Waals surface area contributed by atoms with Crippen LogP contribution < -0.4 is 5.32 Å². The second kappa shape index (κ2) is 11.9. The van der Waals surface area contributed by atoms with Crippen LogP contribution in [0.25, 0.3) is 0 Å². The SMILES string of the molecule is CC.CCOC(=O)c1c(Cc2ccc(F)cc2)cnn1CCNC(=O)OC(C)(C)C. The average molecular weight is 422 g/mol. The van der Waals surface area contributed by atoms with Crippen LogP contribution in [0.4, 0.5) is 9.18 Å². The number of alkyl carbamates (subject to hydrolysis) is 1. The summed E-state index contributed by atoms with van der Waals surface area (Å²) in [5.41, 5.74) is 1.24. The lowest BCUT2D eigenvalue weighted by atomic mass is 10.1. The van der Waals surface area contributed by atoms with Gasteiger partial charge in [0, 0.05) is 18.5 Å². The fourth-order valence-corrected chi connectivity index (χ4v) is 2.56. The number of hydrogen-bond donors (Lipinski definition) is 1. The molecule has 1 heterocycles. The number of benzene rings is 1. The Hall–Kier alpha value is -2.90. The first-order valence-electron chi connectivity index (χ1n) is 10.1. The van der Waals surface area contributed by atoms with E-state index in [1.807, 2.05) is 13.8 Å². The van der Waals surface area contributed by atoms with Gasteiger partial charge in [-0.2, -0.15) is 5.10 Å². The smallest absolute Gasteiger partial charge is 0.407 e. The molecule has 8 heteroatoms. The zero-order valence-electron chi connectivity index (χ0n) is 18.6. The lowest BCUT2D eigenvalue weighted by Crippen LogP contribution is -2.34. The van der Waals surface area contributed by atoms with E-state index in [9.17, 15) is 14.0 Å². The molecule has 0 aliphatic carbocycles. The molecule has 1 amide bonds. The standard InChI is InChI=1S/C20H26FN3O4.C2H6/c1-5-27-18(25)17-15(12-14-6-8-16(21)9-7-14)13-23-24(17)11-10-22-19(26)28-20(2,3)4;1-2/h6-9,13H,5,10-12H2,1-4H3,(H,22,26);1-2H3. The highest BCUT2D eigenvalue weighted by atomic mass is 19.1. The number of nitrogens with one attached hydrogen (secondary N) is 1. The van der Waals surface area contributed by atoms with E-state index >= 15 is 0 Å². The quantitative estimate of drug-likeness (QED) is 0.673. The van der Waals surface area contributed by atoms with Gasteiger partial charge in [0.2, 0.25) is 0 Å². The Kier molecular flexibility index (Phi) is 10.0. The Morgan fingerprint density at radius 1 is 1.17 bits per heavy atom. The van der Waals surface area contributed by atoms with Crippen LogP contribution in [0.15, 0.2) is 30.5 Å². The first-order valence-corrected chi connectivity index (χ1v) is 10.1. The normalized spacial score (nSPS) is 10.6. The molecule has 1 aromatic carbocycles. The minimum Gasteiger partial charge on any atom is -0.461 e. The molecule has 30 heavy (non-hydrogen) atoms. The topological polar surface area (TPSA) is 82.5 Å². The molecule has 1 aromatic heterocycles.